The zero-order valence-electron chi connectivity index (χ0n) is 16.5. The number of ether oxygens (including phenoxy) is 1. The molecule has 0 unspecified atom stereocenters. The molecule has 142 valence electrons. The Morgan fingerprint density at radius 1 is 1.40 bits per heavy atom. The number of hydrogen-bond acceptors (Lipinski definition) is 3. The van der Waals surface area contributed by atoms with Gasteiger partial charge < -0.3 is 10.1 Å². The molecule has 25 heavy (non-hydrogen) atoms. The predicted octanol–water partition coefficient (Wildman–Crippen LogP) is 3.37. The molecule has 4 nitrogen and oxygen atoms in total. The van der Waals surface area contributed by atoms with Gasteiger partial charge in [-0.25, -0.2) is 0 Å². The van der Waals surface area contributed by atoms with Crippen LogP contribution < -0.4 is 5.32 Å². The molecular weight excluding hydrogens is 312 g/mol. The molecule has 2 bridgehead atoms. The van der Waals surface area contributed by atoms with Crippen molar-refractivity contribution >= 4 is 5.91 Å². The predicted molar refractivity (Wildman–Crippen MR) is 101 cm³/mol. The zero-order chi connectivity index (χ0) is 18.1. The van der Waals surface area contributed by atoms with E-state index in [1.807, 2.05) is 13.0 Å². The van der Waals surface area contributed by atoms with E-state index >= 15 is 0 Å². The minimum absolute atomic E-state index is 0.0806. The Hall–Kier alpha value is -0.870. The topological polar surface area (TPSA) is 41.6 Å². The highest BCUT2D eigenvalue weighted by molar-refractivity contribution is 5.75. The molecule has 1 N–H and O–H groups in total. The Kier molecular flexibility index (Phi) is 5.60. The summed E-state index contributed by atoms with van der Waals surface area (Å²) in [5, 5.41) is 3.20. The Morgan fingerprint density at radius 2 is 2.20 bits per heavy atom. The summed E-state index contributed by atoms with van der Waals surface area (Å²) in [5.41, 5.74) is 0.404. The molecule has 3 heterocycles. The molecule has 3 aliphatic heterocycles. The van der Waals surface area contributed by atoms with Crippen molar-refractivity contribution in [3.05, 3.63) is 12.2 Å². The molecule has 0 aliphatic carbocycles. The molecule has 4 heteroatoms. The molecule has 3 aliphatic rings. The van der Waals surface area contributed by atoms with Gasteiger partial charge in [-0.2, -0.15) is 0 Å². The molecule has 0 radical (unpaired) electrons. The lowest BCUT2D eigenvalue weighted by molar-refractivity contribution is -0.121. The first-order chi connectivity index (χ1) is 11.8. The number of rotatable bonds is 7. The average molecular weight is 349 g/mol. The highest BCUT2D eigenvalue weighted by Crippen LogP contribution is 2.54. The lowest BCUT2D eigenvalue weighted by Gasteiger charge is -2.29. The largest absolute Gasteiger partial charge is 0.370 e. The van der Waals surface area contributed by atoms with Gasteiger partial charge in [-0.1, -0.05) is 32.9 Å². The number of carbonyl (C=O) groups is 1. The number of unbranched alkanes of at least 4 members (excludes halogenated alkanes) is 1. The Balaban J connectivity index is 1.51. The van der Waals surface area contributed by atoms with Crippen LogP contribution in [0.5, 0.6) is 0 Å². The van der Waals surface area contributed by atoms with E-state index in [2.05, 4.69) is 37.1 Å². The molecule has 1 amide bonds. The normalized spacial score (nSPS) is 34.8. The molecular formula is C21H36N2O2. The number of hydrogen-bond donors (Lipinski definition) is 1. The summed E-state index contributed by atoms with van der Waals surface area (Å²) < 4.78 is 6.48. The molecule has 0 aromatic rings. The third-order valence-corrected chi connectivity index (χ3v) is 6.10. The van der Waals surface area contributed by atoms with Crippen LogP contribution in [0.4, 0.5) is 0 Å². The zero-order valence-corrected chi connectivity index (χ0v) is 16.5. The molecule has 0 aromatic carbocycles. The van der Waals surface area contributed by atoms with Crippen molar-refractivity contribution in [3.8, 4) is 0 Å². The number of likely N-dealkylation sites (tertiary alicyclic amines) is 1. The number of fused-ring (bicyclic) bond motifs is 1. The highest BCUT2D eigenvalue weighted by Gasteiger charge is 2.62. The van der Waals surface area contributed by atoms with E-state index in [9.17, 15) is 4.79 Å². The van der Waals surface area contributed by atoms with E-state index in [1.54, 1.807) is 0 Å². The van der Waals surface area contributed by atoms with Crippen molar-refractivity contribution in [1.82, 2.24) is 10.2 Å². The fraction of sp³-hybridized carbons (Fsp3) is 0.857. The third-order valence-electron chi connectivity index (χ3n) is 6.10. The van der Waals surface area contributed by atoms with Gasteiger partial charge in [0.25, 0.3) is 0 Å². The van der Waals surface area contributed by atoms with Gasteiger partial charge in [0.1, 0.15) is 0 Å². The van der Waals surface area contributed by atoms with Crippen molar-refractivity contribution < 1.29 is 9.53 Å². The van der Waals surface area contributed by atoms with Gasteiger partial charge in [0, 0.05) is 44.4 Å². The standard InChI is InChI=1S/C21H36N2O2/c1-5-6-7-8-9-19(24)22-12-16-17-13-23(14-20(2,3)4)15-21(17)11-10-18(16)25-21/h5-6,16-18H,7-15H2,1-4H3,(H,22,24)/b6-5+/t16-,17+,18+,21+/m0/s1. The van der Waals surface area contributed by atoms with E-state index in [1.165, 1.54) is 12.8 Å². The average Bonchev–Trinajstić information content (AvgIpc) is 3.15. The number of carbonyl (C=O) groups excluding carboxylic acids is 1. The SMILES string of the molecule is C/C=C/CCCC(=O)NC[C@H]1[C@H]2CN(CC(C)(C)C)C[C@]23CC[C@H]1O3. The first-order valence-corrected chi connectivity index (χ1v) is 10.1. The van der Waals surface area contributed by atoms with E-state index in [4.69, 9.17) is 4.74 Å². The van der Waals surface area contributed by atoms with E-state index in [-0.39, 0.29) is 11.5 Å². The van der Waals surface area contributed by atoms with Crippen LogP contribution in [0.25, 0.3) is 0 Å². The first kappa shape index (κ1) is 18.9. The molecule has 0 aromatic heterocycles. The minimum Gasteiger partial charge on any atom is -0.370 e. The maximum atomic E-state index is 12.1. The van der Waals surface area contributed by atoms with E-state index < -0.39 is 0 Å². The van der Waals surface area contributed by atoms with Crippen LogP contribution in [0.3, 0.4) is 0 Å². The lowest BCUT2D eigenvalue weighted by atomic mass is 9.73. The van der Waals surface area contributed by atoms with Gasteiger partial charge in [-0.3, -0.25) is 9.69 Å². The van der Waals surface area contributed by atoms with Crippen LogP contribution in [0.1, 0.15) is 59.8 Å². The summed E-state index contributed by atoms with van der Waals surface area (Å²) in [5.74, 6) is 1.29. The van der Waals surface area contributed by atoms with Gasteiger partial charge >= 0.3 is 0 Å². The van der Waals surface area contributed by atoms with Crippen molar-refractivity contribution in [3.63, 3.8) is 0 Å². The Bertz CT molecular complexity index is 511. The molecule has 1 spiro atoms. The van der Waals surface area contributed by atoms with E-state index in [0.29, 0.717) is 29.8 Å². The van der Waals surface area contributed by atoms with Gasteiger partial charge in [0.05, 0.1) is 11.7 Å². The fourth-order valence-electron chi connectivity index (χ4n) is 5.22. The van der Waals surface area contributed by atoms with Gasteiger partial charge in [-0.05, 0) is 38.0 Å². The number of allylic oxidation sites excluding steroid dienone is 2. The van der Waals surface area contributed by atoms with Crippen LogP contribution in [-0.4, -0.2) is 48.7 Å². The van der Waals surface area contributed by atoms with Gasteiger partial charge in [0.15, 0.2) is 0 Å². The number of nitrogens with zero attached hydrogens (tertiary/aromatic N) is 1. The van der Waals surface area contributed by atoms with E-state index in [0.717, 1.165) is 39.0 Å². The van der Waals surface area contributed by atoms with Gasteiger partial charge in [-0.15, -0.1) is 0 Å². The van der Waals surface area contributed by atoms with Crippen LogP contribution in [0, 0.1) is 17.3 Å². The quantitative estimate of drug-likeness (QED) is 0.566. The summed E-state index contributed by atoms with van der Waals surface area (Å²) in [6.45, 7) is 13.1. The maximum Gasteiger partial charge on any atom is 0.220 e. The lowest BCUT2D eigenvalue weighted by Crippen LogP contribution is -2.41. The highest BCUT2D eigenvalue weighted by atomic mass is 16.5. The maximum absolute atomic E-state index is 12.1. The monoisotopic (exact) mass is 348 g/mol. The molecule has 4 atom stereocenters. The van der Waals surface area contributed by atoms with Crippen LogP contribution in [0.2, 0.25) is 0 Å². The van der Waals surface area contributed by atoms with Crippen molar-refractivity contribution in [2.45, 2.75) is 71.5 Å². The van der Waals surface area contributed by atoms with Crippen LogP contribution in [-0.2, 0) is 9.53 Å². The Morgan fingerprint density at radius 3 is 2.92 bits per heavy atom. The summed E-state index contributed by atoms with van der Waals surface area (Å²) in [6.07, 6.45) is 9.48. The van der Waals surface area contributed by atoms with Gasteiger partial charge in [0.2, 0.25) is 5.91 Å². The molecule has 0 saturated carbocycles. The second kappa shape index (κ2) is 7.40. The Labute approximate surface area is 153 Å². The first-order valence-electron chi connectivity index (χ1n) is 10.1. The smallest absolute Gasteiger partial charge is 0.220 e. The van der Waals surface area contributed by atoms with Crippen molar-refractivity contribution in [1.29, 1.82) is 0 Å². The fourth-order valence-corrected chi connectivity index (χ4v) is 5.22. The molecule has 3 rings (SSSR count). The summed E-state index contributed by atoms with van der Waals surface area (Å²) in [7, 11) is 0. The molecule has 3 saturated heterocycles. The minimum atomic E-state index is 0.0806. The van der Waals surface area contributed by atoms with Crippen molar-refractivity contribution in [2.75, 3.05) is 26.2 Å². The second-order valence-corrected chi connectivity index (χ2v) is 9.53. The van der Waals surface area contributed by atoms with Crippen LogP contribution in [0.15, 0.2) is 12.2 Å². The summed E-state index contributed by atoms with van der Waals surface area (Å²) in [6, 6.07) is 0. The number of nitrogens with one attached hydrogen (secondary N) is 1. The second-order valence-electron chi connectivity index (χ2n) is 9.53. The summed E-state index contributed by atoms with van der Waals surface area (Å²) >= 11 is 0. The van der Waals surface area contributed by atoms with Crippen LogP contribution >= 0.6 is 0 Å². The van der Waals surface area contributed by atoms with Crippen molar-refractivity contribution in [2.24, 2.45) is 17.3 Å². The summed E-state index contributed by atoms with van der Waals surface area (Å²) in [4.78, 5) is 14.7. The number of amides is 1. The third kappa shape index (κ3) is 4.28. The molecule has 3 fully saturated rings.